The molecule has 5 nitrogen and oxygen atoms in total. The first-order chi connectivity index (χ1) is 11.1. The first-order valence-corrected chi connectivity index (χ1v) is 7.57. The molecule has 0 bridgehead atoms. The van der Waals surface area contributed by atoms with Gasteiger partial charge >= 0.3 is 0 Å². The average Bonchev–Trinajstić information content (AvgIpc) is 2.59. The fourth-order valence-electron chi connectivity index (χ4n) is 2.07. The van der Waals surface area contributed by atoms with E-state index in [0.29, 0.717) is 17.1 Å². The number of halogens is 1. The lowest BCUT2D eigenvalue weighted by molar-refractivity contribution is 0.0823. The van der Waals surface area contributed by atoms with Crippen LogP contribution in [0.3, 0.4) is 0 Å². The lowest BCUT2D eigenvalue weighted by atomic mass is 10.1. The predicted octanol–water partition coefficient (Wildman–Crippen LogP) is 3.59. The molecule has 0 atom stereocenters. The number of ether oxygens (including phenoxy) is 2. The number of nitriles is 1. The van der Waals surface area contributed by atoms with Crippen LogP contribution >= 0.6 is 15.9 Å². The zero-order chi connectivity index (χ0) is 16.8. The zero-order valence-corrected chi connectivity index (χ0v) is 14.3. The lowest BCUT2D eigenvalue weighted by Gasteiger charge is -2.16. The van der Waals surface area contributed by atoms with Crippen molar-refractivity contribution >= 4 is 21.8 Å². The van der Waals surface area contributed by atoms with E-state index in [2.05, 4.69) is 15.9 Å². The molecule has 2 aromatic carbocycles. The van der Waals surface area contributed by atoms with E-state index in [0.717, 1.165) is 14.9 Å². The van der Waals surface area contributed by atoms with Crippen molar-refractivity contribution in [3.8, 4) is 17.7 Å². The van der Waals surface area contributed by atoms with Gasteiger partial charge < -0.3 is 9.47 Å². The minimum atomic E-state index is -0.399. The van der Waals surface area contributed by atoms with Crippen LogP contribution in [-0.4, -0.2) is 25.0 Å². The Labute approximate surface area is 143 Å². The van der Waals surface area contributed by atoms with Crippen molar-refractivity contribution in [3.05, 3.63) is 58.1 Å². The minimum absolute atomic E-state index is 0.186. The maximum atomic E-state index is 12.6. The van der Waals surface area contributed by atoms with Crippen LogP contribution < -0.4 is 9.47 Å². The van der Waals surface area contributed by atoms with E-state index in [1.54, 1.807) is 18.2 Å². The monoisotopic (exact) mass is 374 g/mol. The molecule has 118 valence electrons. The molecule has 0 aliphatic heterocycles. The van der Waals surface area contributed by atoms with Crippen molar-refractivity contribution in [3.63, 3.8) is 0 Å². The molecular formula is C17H15BrN2O3. The van der Waals surface area contributed by atoms with E-state index >= 15 is 0 Å². The summed E-state index contributed by atoms with van der Waals surface area (Å²) in [5.41, 5.74) is 1.21. The van der Waals surface area contributed by atoms with Gasteiger partial charge in [-0.25, -0.2) is 4.90 Å². The summed E-state index contributed by atoms with van der Waals surface area (Å²) in [6.07, 6.45) is 1.93. The van der Waals surface area contributed by atoms with Gasteiger partial charge in [0.15, 0.2) is 17.7 Å². The van der Waals surface area contributed by atoms with Crippen molar-refractivity contribution in [2.24, 2.45) is 0 Å². The number of methoxy groups -OCH3 is 2. The van der Waals surface area contributed by atoms with Crippen LogP contribution in [0, 0.1) is 11.5 Å². The molecule has 0 aromatic heterocycles. The first-order valence-electron chi connectivity index (χ1n) is 6.77. The molecule has 0 aliphatic rings. The number of nitrogens with zero attached hydrogens (tertiary/aromatic N) is 2. The van der Waals surface area contributed by atoms with Crippen LogP contribution in [0.15, 0.2) is 46.9 Å². The number of carbonyl (C=O) groups excluding carboxylic acids is 1. The Morgan fingerprint density at radius 2 is 1.87 bits per heavy atom. The highest BCUT2D eigenvalue weighted by Gasteiger charge is 2.18. The molecule has 0 fully saturated rings. The first kappa shape index (κ1) is 16.8. The summed E-state index contributed by atoms with van der Waals surface area (Å²) in [5, 5.41) is 9.32. The van der Waals surface area contributed by atoms with Gasteiger partial charge in [-0.05, 0) is 29.8 Å². The summed E-state index contributed by atoms with van der Waals surface area (Å²) in [5.74, 6) is 0.569. The van der Waals surface area contributed by atoms with Crippen molar-refractivity contribution in [1.29, 1.82) is 5.26 Å². The second-order valence-corrected chi connectivity index (χ2v) is 5.51. The van der Waals surface area contributed by atoms with Gasteiger partial charge in [-0.2, -0.15) is 5.26 Å². The average molecular weight is 375 g/mol. The van der Waals surface area contributed by atoms with Gasteiger partial charge in [-0.1, -0.05) is 34.1 Å². The van der Waals surface area contributed by atoms with Crippen LogP contribution in [0.5, 0.6) is 11.5 Å². The molecule has 1 amide bonds. The Morgan fingerprint density at radius 3 is 2.48 bits per heavy atom. The lowest BCUT2D eigenvalue weighted by Crippen LogP contribution is -2.25. The van der Waals surface area contributed by atoms with Crippen LogP contribution in [0.4, 0.5) is 0 Å². The van der Waals surface area contributed by atoms with Gasteiger partial charge in [0.05, 0.1) is 20.8 Å². The third-order valence-corrected chi connectivity index (χ3v) is 4.06. The van der Waals surface area contributed by atoms with Gasteiger partial charge in [0.25, 0.3) is 5.91 Å². The topological polar surface area (TPSA) is 62.6 Å². The number of carbonyl (C=O) groups is 1. The van der Waals surface area contributed by atoms with E-state index in [4.69, 9.17) is 9.47 Å². The third kappa shape index (κ3) is 3.82. The zero-order valence-electron chi connectivity index (χ0n) is 12.7. The molecule has 0 aliphatic carbocycles. The van der Waals surface area contributed by atoms with E-state index in [9.17, 15) is 10.1 Å². The highest BCUT2D eigenvalue weighted by atomic mass is 79.9. The van der Waals surface area contributed by atoms with Gasteiger partial charge in [0.2, 0.25) is 0 Å². The standard InChI is InChI=1S/C17H15BrN2O3/c1-22-15-8-7-12(9-16(15)23-2)17(21)20(11-19)10-13-5-3-4-6-14(13)18/h3-9H,10H2,1-2H3. The number of rotatable bonds is 5. The van der Waals surface area contributed by atoms with Crippen molar-refractivity contribution in [2.45, 2.75) is 6.54 Å². The summed E-state index contributed by atoms with van der Waals surface area (Å²) in [7, 11) is 3.02. The molecule has 0 radical (unpaired) electrons. The Bertz CT molecular complexity index is 756. The van der Waals surface area contributed by atoms with Crippen molar-refractivity contribution in [1.82, 2.24) is 4.90 Å². The molecule has 0 saturated carbocycles. The highest BCUT2D eigenvalue weighted by Crippen LogP contribution is 2.28. The number of hydrogen-bond acceptors (Lipinski definition) is 4. The van der Waals surface area contributed by atoms with Crippen LogP contribution in [-0.2, 0) is 6.54 Å². The second kappa shape index (κ2) is 7.65. The Balaban J connectivity index is 2.27. The molecule has 0 unspecified atom stereocenters. The molecule has 23 heavy (non-hydrogen) atoms. The van der Waals surface area contributed by atoms with Gasteiger partial charge in [0, 0.05) is 10.0 Å². The molecule has 2 rings (SSSR count). The van der Waals surface area contributed by atoms with Crippen LogP contribution in [0.2, 0.25) is 0 Å². The number of benzene rings is 2. The number of hydrogen-bond donors (Lipinski definition) is 0. The molecule has 6 heteroatoms. The maximum absolute atomic E-state index is 12.6. The van der Waals surface area contributed by atoms with E-state index in [1.807, 2.05) is 30.5 Å². The third-order valence-electron chi connectivity index (χ3n) is 3.28. The molecule has 2 aromatic rings. The van der Waals surface area contributed by atoms with Crippen molar-refractivity contribution in [2.75, 3.05) is 14.2 Å². The Morgan fingerprint density at radius 1 is 1.17 bits per heavy atom. The Hall–Kier alpha value is -2.52. The largest absolute Gasteiger partial charge is 0.493 e. The molecular weight excluding hydrogens is 360 g/mol. The van der Waals surface area contributed by atoms with Gasteiger partial charge in [-0.3, -0.25) is 4.79 Å². The fourth-order valence-corrected chi connectivity index (χ4v) is 2.48. The van der Waals surface area contributed by atoms with Crippen molar-refractivity contribution < 1.29 is 14.3 Å². The SMILES string of the molecule is COc1ccc(C(=O)N(C#N)Cc2ccccc2Br)cc1OC. The minimum Gasteiger partial charge on any atom is -0.493 e. The summed E-state index contributed by atoms with van der Waals surface area (Å²) in [6, 6.07) is 12.3. The predicted molar refractivity (Wildman–Crippen MR) is 89.2 cm³/mol. The summed E-state index contributed by atoms with van der Waals surface area (Å²) < 4.78 is 11.2. The molecule has 0 heterocycles. The maximum Gasteiger partial charge on any atom is 0.267 e. The summed E-state index contributed by atoms with van der Waals surface area (Å²) in [6.45, 7) is 0.186. The number of amides is 1. The van der Waals surface area contributed by atoms with Crippen LogP contribution in [0.25, 0.3) is 0 Å². The fraction of sp³-hybridized carbons (Fsp3) is 0.176. The summed E-state index contributed by atoms with van der Waals surface area (Å²) in [4.78, 5) is 13.6. The smallest absolute Gasteiger partial charge is 0.267 e. The normalized spacial score (nSPS) is 9.83. The van der Waals surface area contributed by atoms with Crippen LogP contribution in [0.1, 0.15) is 15.9 Å². The van der Waals surface area contributed by atoms with E-state index in [1.165, 1.54) is 14.2 Å². The molecule has 0 spiro atoms. The van der Waals surface area contributed by atoms with Gasteiger partial charge in [0.1, 0.15) is 0 Å². The quantitative estimate of drug-likeness (QED) is 0.592. The summed E-state index contributed by atoms with van der Waals surface area (Å²) >= 11 is 3.42. The Kier molecular flexibility index (Phi) is 5.61. The van der Waals surface area contributed by atoms with E-state index < -0.39 is 5.91 Å². The highest BCUT2D eigenvalue weighted by molar-refractivity contribution is 9.10. The molecule has 0 saturated heterocycles. The second-order valence-electron chi connectivity index (χ2n) is 4.65. The molecule has 0 N–H and O–H groups in total. The van der Waals surface area contributed by atoms with E-state index in [-0.39, 0.29) is 6.54 Å². The van der Waals surface area contributed by atoms with Gasteiger partial charge in [-0.15, -0.1) is 0 Å².